The van der Waals surface area contributed by atoms with Gasteiger partial charge in [-0.1, -0.05) is 0 Å². The molecule has 17 heavy (non-hydrogen) atoms. The van der Waals surface area contributed by atoms with E-state index in [2.05, 4.69) is 24.9 Å². The predicted molar refractivity (Wildman–Crippen MR) is 62.2 cm³/mol. The van der Waals surface area contributed by atoms with Crippen molar-refractivity contribution in [3.63, 3.8) is 0 Å². The number of nitrogens with zero attached hydrogens (tertiary/aromatic N) is 6. The fourth-order valence-electron chi connectivity index (χ4n) is 2.36. The molecular weight excluding hydrogens is 216 g/mol. The quantitative estimate of drug-likeness (QED) is 0.771. The van der Waals surface area contributed by atoms with Crippen LogP contribution >= 0.6 is 0 Å². The van der Waals surface area contributed by atoms with Gasteiger partial charge in [0.25, 0.3) is 0 Å². The van der Waals surface area contributed by atoms with Crippen LogP contribution in [-0.4, -0.2) is 42.8 Å². The average molecular weight is 232 g/mol. The van der Waals surface area contributed by atoms with E-state index in [1.165, 1.54) is 0 Å². The Balaban J connectivity index is 1.61. The zero-order valence-electron chi connectivity index (χ0n) is 9.90. The van der Waals surface area contributed by atoms with Gasteiger partial charge in [-0.15, -0.1) is 0 Å². The summed E-state index contributed by atoms with van der Waals surface area (Å²) in [5.41, 5.74) is 1.04. The van der Waals surface area contributed by atoms with E-state index < -0.39 is 0 Å². The van der Waals surface area contributed by atoms with Crippen molar-refractivity contribution >= 4 is 0 Å². The highest BCUT2D eigenvalue weighted by atomic mass is 15.5. The van der Waals surface area contributed by atoms with Gasteiger partial charge in [0.05, 0.1) is 17.9 Å². The number of aromatic nitrogens is 5. The summed E-state index contributed by atoms with van der Waals surface area (Å²) in [6, 6.07) is 2.48. The Morgan fingerprint density at radius 3 is 3.06 bits per heavy atom. The molecule has 0 amide bonds. The summed E-state index contributed by atoms with van der Waals surface area (Å²) < 4.78 is 2.05. The molecule has 1 fully saturated rings. The van der Waals surface area contributed by atoms with Gasteiger partial charge in [-0.2, -0.15) is 20.1 Å². The van der Waals surface area contributed by atoms with E-state index in [0.29, 0.717) is 6.04 Å². The van der Waals surface area contributed by atoms with Crippen LogP contribution in [0.3, 0.4) is 0 Å². The summed E-state index contributed by atoms with van der Waals surface area (Å²) in [5, 5.41) is 12.7. The third-order valence-corrected chi connectivity index (χ3v) is 3.18. The van der Waals surface area contributed by atoms with Crippen LogP contribution in [-0.2, 0) is 13.6 Å². The first kappa shape index (κ1) is 10.5. The number of likely N-dealkylation sites (tertiary alicyclic amines) is 1. The maximum atomic E-state index is 4.30. The smallest absolute Gasteiger partial charge is 0.0967 e. The normalized spacial score (nSPS) is 21.1. The summed E-state index contributed by atoms with van der Waals surface area (Å²) in [4.78, 5) is 4.01. The van der Waals surface area contributed by atoms with Crippen LogP contribution in [0.15, 0.2) is 24.7 Å². The molecule has 6 nitrogen and oxygen atoms in total. The van der Waals surface area contributed by atoms with Crippen molar-refractivity contribution in [3.8, 4) is 0 Å². The molecule has 90 valence electrons. The van der Waals surface area contributed by atoms with Crippen LogP contribution < -0.4 is 0 Å². The van der Waals surface area contributed by atoms with E-state index in [1.807, 2.05) is 31.7 Å². The van der Waals surface area contributed by atoms with Gasteiger partial charge in [0, 0.05) is 39.1 Å². The number of rotatable bonds is 3. The first-order chi connectivity index (χ1) is 8.31. The molecule has 2 aromatic heterocycles. The zero-order valence-corrected chi connectivity index (χ0v) is 9.90. The molecule has 0 bridgehead atoms. The highest BCUT2D eigenvalue weighted by Gasteiger charge is 2.24. The SMILES string of the molecule is Cn1ncc(CN2CCC(n3cccn3)C2)n1. The highest BCUT2D eigenvalue weighted by Crippen LogP contribution is 2.21. The lowest BCUT2D eigenvalue weighted by Gasteiger charge is -2.14. The Morgan fingerprint density at radius 2 is 2.35 bits per heavy atom. The maximum absolute atomic E-state index is 4.30. The monoisotopic (exact) mass is 232 g/mol. The second-order valence-electron chi connectivity index (χ2n) is 4.49. The van der Waals surface area contributed by atoms with Crippen molar-refractivity contribution in [2.75, 3.05) is 13.1 Å². The standard InChI is InChI=1S/C11H16N6/c1-15-13-7-10(14-15)8-16-6-3-11(9-16)17-5-2-4-12-17/h2,4-5,7,11H,3,6,8-9H2,1H3. The summed E-state index contributed by atoms with van der Waals surface area (Å²) in [6.07, 6.45) is 6.87. The van der Waals surface area contributed by atoms with Crippen molar-refractivity contribution < 1.29 is 0 Å². The van der Waals surface area contributed by atoms with E-state index in [4.69, 9.17) is 0 Å². The molecule has 0 aliphatic carbocycles. The maximum Gasteiger partial charge on any atom is 0.0967 e. The lowest BCUT2D eigenvalue weighted by molar-refractivity contribution is 0.307. The van der Waals surface area contributed by atoms with Gasteiger partial charge in [-0.05, 0) is 12.5 Å². The van der Waals surface area contributed by atoms with E-state index in [1.54, 1.807) is 4.80 Å². The zero-order chi connectivity index (χ0) is 11.7. The molecule has 3 heterocycles. The molecular formula is C11H16N6. The molecule has 0 spiro atoms. The number of hydrogen-bond acceptors (Lipinski definition) is 4. The van der Waals surface area contributed by atoms with Gasteiger partial charge in [-0.3, -0.25) is 9.58 Å². The van der Waals surface area contributed by atoms with E-state index >= 15 is 0 Å². The molecule has 0 aromatic carbocycles. The Hall–Kier alpha value is -1.69. The summed E-state index contributed by atoms with van der Waals surface area (Å²) in [7, 11) is 1.85. The van der Waals surface area contributed by atoms with E-state index in [-0.39, 0.29) is 0 Å². The van der Waals surface area contributed by atoms with Crippen LogP contribution in [0.4, 0.5) is 0 Å². The third-order valence-electron chi connectivity index (χ3n) is 3.18. The van der Waals surface area contributed by atoms with Gasteiger partial charge in [0.2, 0.25) is 0 Å². The Bertz CT molecular complexity index is 474. The second-order valence-corrected chi connectivity index (χ2v) is 4.49. The highest BCUT2D eigenvalue weighted by molar-refractivity contribution is 4.94. The average Bonchev–Trinajstić information content (AvgIpc) is 3.00. The fraction of sp³-hybridized carbons (Fsp3) is 0.545. The topological polar surface area (TPSA) is 51.8 Å². The first-order valence-corrected chi connectivity index (χ1v) is 5.88. The largest absolute Gasteiger partial charge is 0.295 e. The summed E-state index contributed by atoms with van der Waals surface area (Å²) >= 11 is 0. The Labute approximate surface area is 99.8 Å². The minimum absolute atomic E-state index is 0.502. The van der Waals surface area contributed by atoms with Crippen molar-refractivity contribution in [1.82, 2.24) is 29.7 Å². The Morgan fingerprint density at radius 1 is 1.41 bits per heavy atom. The van der Waals surface area contributed by atoms with Gasteiger partial charge in [0.15, 0.2) is 0 Å². The minimum atomic E-state index is 0.502. The van der Waals surface area contributed by atoms with Crippen molar-refractivity contribution in [2.24, 2.45) is 7.05 Å². The molecule has 2 aromatic rings. The molecule has 3 rings (SSSR count). The molecule has 1 saturated heterocycles. The molecule has 1 unspecified atom stereocenters. The van der Waals surface area contributed by atoms with Crippen molar-refractivity contribution in [2.45, 2.75) is 19.0 Å². The number of aryl methyl sites for hydroxylation is 1. The van der Waals surface area contributed by atoms with Crippen LogP contribution in [0.25, 0.3) is 0 Å². The lowest BCUT2D eigenvalue weighted by atomic mass is 10.3. The fourth-order valence-corrected chi connectivity index (χ4v) is 2.36. The molecule has 6 heteroatoms. The van der Waals surface area contributed by atoms with Crippen LogP contribution in [0.2, 0.25) is 0 Å². The molecule has 1 aliphatic rings. The Kier molecular flexibility index (Phi) is 2.64. The van der Waals surface area contributed by atoms with E-state index in [0.717, 1.165) is 31.7 Å². The van der Waals surface area contributed by atoms with Gasteiger partial charge in [0.1, 0.15) is 0 Å². The third kappa shape index (κ3) is 2.21. The number of hydrogen-bond donors (Lipinski definition) is 0. The summed E-state index contributed by atoms with van der Waals surface area (Å²) in [6.45, 7) is 3.02. The van der Waals surface area contributed by atoms with E-state index in [9.17, 15) is 0 Å². The van der Waals surface area contributed by atoms with Gasteiger partial charge in [-0.25, -0.2) is 0 Å². The molecule has 1 aliphatic heterocycles. The lowest BCUT2D eigenvalue weighted by Crippen LogP contribution is -2.21. The van der Waals surface area contributed by atoms with Gasteiger partial charge < -0.3 is 0 Å². The second kappa shape index (κ2) is 4.29. The first-order valence-electron chi connectivity index (χ1n) is 5.88. The summed E-state index contributed by atoms with van der Waals surface area (Å²) in [5.74, 6) is 0. The van der Waals surface area contributed by atoms with Crippen LogP contribution in [0.5, 0.6) is 0 Å². The molecule has 0 saturated carbocycles. The molecule has 1 atom stereocenters. The predicted octanol–water partition coefficient (Wildman–Crippen LogP) is 0.459. The minimum Gasteiger partial charge on any atom is -0.295 e. The molecule has 0 radical (unpaired) electrons. The van der Waals surface area contributed by atoms with Crippen molar-refractivity contribution in [1.29, 1.82) is 0 Å². The van der Waals surface area contributed by atoms with Crippen molar-refractivity contribution in [3.05, 3.63) is 30.4 Å². The van der Waals surface area contributed by atoms with Crippen LogP contribution in [0, 0.1) is 0 Å². The van der Waals surface area contributed by atoms with Gasteiger partial charge >= 0.3 is 0 Å². The molecule has 0 N–H and O–H groups in total. The van der Waals surface area contributed by atoms with Crippen LogP contribution in [0.1, 0.15) is 18.2 Å².